The Morgan fingerprint density at radius 2 is 1.76 bits per heavy atom. The number of imidazole rings is 1. The van der Waals surface area contributed by atoms with Gasteiger partial charge in [0.15, 0.2) is 17.3 Å². The molecule has 11 heteroatoms. The van der Waals surface area contributed by atoms with E-state index in [1.165, 1.54) is 23.7 Å². The van der Waals surface area contributed by atoms with Gasteiger partial charge < -0.3 is 16.9 Å². The SMILES string of the molecule is Cc1ncccc1/C(N)=C/NN.Nc1ncccc1-c1nc2ccc(-n3cccn3)nc2n1-c1ccc2c(c1)CCC2. The first-order valence-corrected chi connectivity index (χ1v) is 13.6. The van der Waals surface area contributed by atoms with Gasteiger partial charge in [-0.3, -0.25) is 15.4 Å². The molecule has 0 aliphatic heterocycles. The molecule has 0 fully saturated rings. The molecule has 42 heavy (non-hydrogen) atoms. The fraction of sp³-hybridized carbons (Fsp3) is 0.129. The molecule has 0 amide bonds. The summed E-state index contributed by atoms with van der Waals surface area (Å²) in [6, 6.07) is 19.9. The van der Waals surface area contributed by atoms with E-state index in [4.69, 9.17) is 27.3 Å². The average molecular weight is 558 g/mol. The lowest BCUT2D eigenvalue weighted by Crippen LogP contribution is -2.16. The van der Waals surface area contributed by atoms with Gasteiger partial charge in [0.25, 0.3) is 0 Å². The van der Waals surface area contributed by atoms with Crippen LogP contribution in [0, 0.1) is 6.92 Å². The minimum absolute atomic E-state index is 0.447. The van der Waals surface area contributed by atoms with Gasteiger partial charge in [-0.2, -0.15) is 5.10 Å². The molecular weight excluding hydrogens is 526 g/mol. The van der Waals surface area contributed by atoms with Crippen LogP contribution in [0.3, 0.4) is 0 Å². The maximum atomic E-state index is 6.22. The van der Waals surface area contributed by atoms with E-state index in [1.807, 2.05) is 55.6 Å². The van der Waals surface area contributed by atoms with Gasteiger partial charge in [0, 0.05) is 47.9 Å². The predicted octanol–water partition coefficient (Wildman–Crippen LogP) is 3.85. The highest BCUT2D eigenvalue weighted by Gasteiger charge is 2.20. The van der Waals surface area contributed by atoms with Crippen molar-refractivity contribution in [1.29, 1.82) is 0 Å². The molecule has 11 nitrogen and oxygen atoms in total. The number of aromatic nitrogens is 7. The topological polar surface area (TPSA) is 164 Å². The maximum Gasteiger partial charge on any atom is 0.167 e. The van der Waals surface area contributed by atoms with E-state index in [9.17, 15) is 0 Å². The zero-order valence-electron chi connectivity index (χ0n) is 23.1. The van der Waals surface area contributed by atoms with Crippen LogP contribution in [-0.2, 0) is 12.8 Å². The van der Waals surface area contributed by atoms with Gasteiger partial charge in [0.1, 0.15) is 11.3 Å². The fourth-order valence-electron chi connectivity index (χ4n) is 5.17. The monoisotopic (exact) mass is 557 g/mol. The van der Waals surface area contributed by atoms with Crippen molar-refractivity contribution in [3.63, 3.8) is 0 Å². The molecule has 0 unspecified atom stereocenters. The number of fused-ring (bicyclic) bond motifs is 2. The summed E-state index contributed by atoms with van der Waals surface area (Å²) in [5.41, 5.74) is 22.9. The van der Waals surface area contributed by atoms with E-state index in [0.717, 1.165) is 58.2 Å². The van der Waals surface area contributed by atoms with E-state index >= 15 is 0 Å². The van der Waals surface area contributed by atoms with Crippen molar-refractivity contribution in [2.75, 3.05) is 5.73 Å². The molecule has 1 aromatic carbocycles. The Kier molecular flexibility index (Phi) is 7.31. The van der Waals surface area contributed by atoms with Gasteiger partial charge >= 0.3 is 0 Å². The second-order valence-corrected chi connectivity index (χ2v) is 9.88. The normalized spacial score (nSPS) is 12.6. The van der Waals surface area contributed by atoms with Gasteiger partial charge in [-0.05, 0) is 91.9 Å². The van der Waals surface area contributed by atoms with Crippen molar-refractivity contribution in [3.8, 4) is 22.9 Å². The molecule has 210 valence electrons. The van der Waals surface area contributed by atoms with Crippen LogP contribution in [0.2, 0.25) is 0 Å². The van der Waals surface area contributed by atoms with Crippen LogP contribution in [0.1, 0.15) is 28.8 Å². The van der Waals surface area contributed by atoms with Crippen LogP contribution < -0.4 is 22.7 Å². The Bertz CT molecular complexity index is 1890. The van der Waals surface area contributed by atoms with Gasteiger partial charge in [0.2, 0.25) is 0 Å². The standard InChI is InChI=1S/C23H19N7.C8H12N4/c24-21-18(6-2-11-25-21)22-27-19-9-10-20(29-13-3-12-26-29)28-23(19)30(22)17-8-7-15-4-1-5-16(15)14-17;1-6-7(3-2-4-11-6)8(9)5-12-10/h2-3,6-14H,1,4-5H2,(H2,24,25);2-5,12H,9-10H2,1H3/b;8-5-. The minimum Gasteiger partial charge on any atom is -0.397 e. The van der Waals surface area contributed by atoms with E-state index < -0.39 is 0 Å². The van der Waals surface area contributed by atoms with E-state index in [2.05, 4.69) is 43.3 Å². The quantitative estimate of drug-likeness (QED) is 0.182. The fourth-order valence-corrected chi connectivity index (χ4v) is 5.17. The number of benzene rings is 1. The van der Waals surface area contributed by atoms with Crippen LogP contribution in [0.25, 0.3) is 39.8 Å². The molecule has 7 rings (SSSR count). The number of nitrogens with one attached hydrogen (secondary N) is 1. The molecule has 1 aliphatic rings. The Morgan fingerprint density at radius 1 is 0.929 bits per heavy atom. The Hall–Kier alpha value is -5.55. The van der Waals surface area contributed by atoms with Crippen molar-refractivity contribution in [2.24, 2.45) is 11.6 Å². The van der Waals surface area contributed by atoms with Gasteiger partial charge in [0.05, 0.1) is 11.3 Å². The highest BCUT2D eigenvalue weighted by Crippen LogP contribution is 2.32. The van der Waals surface area contributed by atoms with E-state index in [-0.39, 0.29) is 0 Å². The lowest BCUT2D eigenvalue weighted by atomic mass is 10.1. The van der Waals surface area contributed by atoms with E-state index in [0.29, 0.717) is 11.5 Å². The molecular formula is C31H31N11. The molecule has 0 bridgehead atoms. The molecule has 6 aromatic rings. The lowest BCUT2D eigenvalue weighted by Gasteiger charge is -2.12. The summed E-state index contributed by atoms with van der Waals surface area (Å²) in [6.07, 6.45) is 12.0. The van der Waals surface area contributed by atoms with Crippen molar-refractivity contribution in [1.82, 2.24) is 39.7 Å². The summed E-state index contributed by atoms with van der Waals surface area (Å²) in [6.45, 7) is 1.90. The Morgan fingerprint density at radius 3 is 2.55 bits per heavy atom. The number of pyridine rings is 3. The van der Waals surface area contributed by atoms with Gasteiger partial charge in [-0.25, -0.2) is 19.6 Å². The third-order valence-corrected chi connectivity index (χ3v) is 7.21. The van der Waals surface area contributed by atoms with Crippen LogP contribution in [0.4, 0.5) is 5.82 Å². The number of rotatable bonds is 5. The number of hydrazine groups is 1. The molecule has 5 aromatic heterocycles. The third-order valence-electron chi connectivity index (χ3n) is 7.21. The summed E-state index contributed by atoms with van der Waals surface area (Å²) in [4.78, 5) is 18.1. The molecule has 7 N–H and O–H groups in total. The van der Waals surface area contributed by atoms with Crippen molar-refractivity contribution in [2.45, 2.75) is 26.2 Å². The van der Waals surface area contributed by atoms with Crippen molar-refractivity contribution in [3.05, 3.63) is 114 Å². The average Bonchev–Trinajstić information content (AvgIpc) is 3.77. The first-order valence-electron chi connectivity index (χ1n) is 13.6. The number of nitrogens with zero attached hydrogens (tertiary/aromatic N) is 7. The first-order chi connectivity index (χ1) is 20.5. The number of nitrogen functional groups attached to an aromatic ring is 1. The number of nitrogens with two attached hydrogens (primary N) is 3. The lowest BCUT2D eigenvalue weighted by molar-refractivity contribution is 0.849. The number of hydrogen-bond acceptors (Lipinski definition) is 9. The third kappa shape index (κ3) is 5.16. The minimum atomic E-state index is 0.447. The molecule has 1 aliphatic carbocycles. The number of hydrogen-bond donors (Lipinski definition) is 4. The highest BCUT2D eigenvalue weighted by molar-refractivity contribution is 5.83. The second kappa shape index (κ2) is 11.5. The summed E-state index contributed by atoms with van der Waals surface area (Å²) >= 11 is 0. The van der Waals surface area contributed by atoms with E-state index in [1.54, 1.807) is 23.3 Å². The molecule has 0 spiro atoms. The largest absolute Gasteiger partial charge is 0.397 e. The van der Waals surface area contributed by atoms with Crippen molar-refractivity contribution >= 4 is 22.7 Å². The van der Waals surface area contributed by atoms with Crippen LogP contribution in [0.15, 0.2) is 91.7 Å². The van der Waals surface area contributed by atoms with Crippen LogP contribution in [-0.4, -0.2) is 34.3 Å². The molecule has 0 atom stereocenters. The summed E-state index contributed by atoms with van der Waals surface area (Å²) < 4.78 is 3.83. The zero-order valence-corrected chi connectivity index (χ0v) is 23.1. The number of aryl methyl sites for hydroxylation is 3. The zero-order chi connectivity index (χ0) is 29.1. The maximum absolute atomic E-state index is 6.22. The summed E-state index contributed by atoms with van der Waals surface area (Å²) in [5.74, 6) is 7.01. The highest BCUT2D eigenvalue weighted by atomic mass is 15.3. The summed E-state index contributed by atoms with van der Waals surface area (Å²) in [7, 11) is 0. The molecule has 0 saturated carbocycles. The smallest absolute Gasteiger partial charge is 0.167 e. The van der Waals surface area contributed by atoms with Gasteiger partial charge in [-0.15, -0.1) is 0 Å². The van der Waals surface area contributed by atoms with Crippen LogP contribution in [0.5, 0.6) is 0 Å². The molecule has 5 heterocycles. The second-order valence-electron chi connectivity index (χ2n) is 9.88. The number of anilines is 1. The first kappa shape index (κ1) is 26.7. The van der Waals surface area contributed by atoms with Crippen LogP contribution >= 0.6 is 0 Å². The predicted molar refractivity (Wildman–Crippen MR) is 164 cm³/mol. The molecule has 0 radical (unpaired) electrons. The Balaban J connectivity index is 0.000000223. The Labute approximate surface area is 242 Å². The summed E-state index contributed by atoms with van der Waals surface area (Å²) in [5, 5.41) is 4.32. The van der Waals surface area contributed by atoms with Gasteiger partial charge in [-0.1, -0.05) is 6.07 Å². The molecule has 0 saturated heterocycles. The van der Waals surface area contributed by atoms with Crippen molar-refractivity contribution < 1.29 is 0 Å².